The third-order valence-electron chi connectivity index (χ3n) is 3.11. The number of aromatic nitrogens is 3. The standard InChI is InChI=1S/C14H8ClF3N4O/c15-8-2-4-10(9(6-8)14(16,17)18)19-13(23)7-1-3-11-12(5-7)21-22-20-11/h1-6H,(H,19,23)(H,20,21,22). The molecule has 0 spiro atoms. The van der Waals surface area contributed by atoms with Crippen molar-refractivity contribution in [3.8, 4) is 0 Å². The molecule has 0 bridgehead atoms. The van der Waals surface area contributed by atoms with Crippen molar-refractivity contribution in [3.05, 3.63) is 52.5 Å². The summed E-state index contributed by atoms with van der Waals surface area (Å²) in [6.07, 6.45) is -4.64. The van der Waals surface area contributed by atoms with Crippen molar-refractivity contribution in [3.63, 3.8) is 0 Å². The van der Waals surface area contributed by atoms with Crippen LogP contribution in [0.2, 0.25) is 5.02 Å². The predicted octanol–water partition coefficient (Wildman–Crippen LogP) is 3.88. The van der Waals surface area contributed by atoms with Crippen molar-refractivity contribution >= 4 is 34.2 Å². The molecule has 23 heavy (non-hydrogen) atoms. The van der Waals surface area contributed by atoms with Gasteiger partial charge in [0.2, 0.25) is 0 Å². The summed E-state index contributed by atoms with van der Waals surface area (Å²) in [4.78, 5) is 12.2. The number of halogens is 4. The van der Waals surface area contributed by atoms with E-state index in [-0.39, 0.29) is 16.3 Å². The summed E-state index contributed by atoms with van der Waals surface area (Å²) >= 11 is 5.60. The maximum Gasteiger partial charge on any atom is 0.418 e. The van der Waals surface area contributed by atoms with E-state index in [0.29, 0.717) is 11.0 Å². The van der Waals surface area contributed by atoms with E-state index in [9.17, 15) is 18.0 Å². The van der Waals surface area contributed by atoms with Crippen LogP contribution >= 0.6 is 11.6 Å². The number of carbonyl (C=O) groups is 1. The van der Waals surface area contributed by atoms with Gasteiger partial charge in [0.05, 0.1) is 11.3 Å². The van der Waals surface area contributed by atoms with Crippen LogP contribution in [0.4, 0.5) is 18.9 Å². The van der Waals surface area contributed by atoms with E-state index in [1.54, 1.807) is 6.07 Å². The van der Waals surface area contributed by atoms with E-state index in [0.717, 1.165) is 12.1 Å². The van der Waals surface area contributed by atoms with Crippen LogP contribution in [0.25, 0.3) is 11.0 Å². The van der Waals surface area contributed by atoms with Gasteiger partial charge in [-0.25, -0.2) is 0 Å². The minimum Gasteiger partial charge on any atom is -0.321 e. The summed E-state index contributed by atoms with van der Waals surface area (Å²) in [5, 5.41) is 12.2. The van der Waals surface area contributed by atoms with Gasteiger partial charge in [-0.3, -0.25) is 4.79 Å². The number of nitrogens with zero attached hydrogens (tertiary/aromatic N) is 2. The zero-order chi connectivity index (χ0) is 16.6. The number of fused-ring (bicyclic) bond motifs is 1. The van der Waals surface area contributed by atoms with Crippen LogP contribution in [0.1, 0.15) is 15.9 Å². The highest BCUT2D eigenvalue weighted by Crippen LogP contribution is 2.36. The molecule has 0 aliphatic heterocycles. The Balaban J connectivity index is 1.93. The van der Waals surface area contributed by atoms with E-state index in [4.69, 9.17) is 11.6 Å². The SMILES string of the molecule is O=C(Nc1ccc(Cl)cc1C(F)(F)F)c1ccc2n[nH]nc2c1. The highest BCUT2D eigenvalue weighted by molar-refractivity contribution is 6.30. The Kier molecular flexibility index (Phi) is 3.69. The molecule has 1 heterocycles. The molecule has 0 fully saturated rings. The fraction of sp³-hybridized carbons (Fsp3) is 0.0714. The van der Waals surface area contributed by atoms with Gasteiger partial charge in [0.1, 0.15) is 11.0 Å². The van der Waals surface area contributed by atoms with Crippen molar-refractivity contribution in [2.24, 2.45) is 0 Å². The molecule has 9 heteroatoms. The zero-order valence-corrected chi connectivity index (χ0v) is 12.0. The van der Waals surface area contributed by atoms with Crippen LogP contribution in [0.3, 0.4) is 0 Å². The topological polar surface area (TPSA) is 70.7 Å². The number of carbonyl (C=O) groups excluding carboxylic acids is 1. The molecule has 0 saturated carbocycles. The number of amides is 1. The van der Waals surface area contributed by atoms with Gasteiger partial charge >= 0.3 is 6.18 Å². The Morgan fingerprint density at radius 3 is 2.57 bits per heavy atom. The molecule has 0 unspecified atom stereocenters. The number of aromatic amines is 1. The van der Waals surface area contributed by atoms with E-state index in [1.165, 1.54) is 18.2 Å². The van der Waals surface area contributed by atoms with E-state index in [1.807, 2.05) is 0 Å². The predicted molar refractivity (Wildman–Crippen MR) is 78.3 cm³/mol. The second kappa shape index (κ2) is 5.54. The Hall–Kier alpha value is -2.61. The number of nitrogens with one attached hydrogen (secondary N) is 2. The van der Waals surface area contributed by atoms with Crippen LogP contribution in [-0.4, -0.2) is 21.3 Å². The number of anilines is 1. The molecule has 2 N–H and O–H groups in total. The van der Waals surface area contributed by atoms with Crippen LogP contribution in [-0.2, 0) is 6.18 Å². The maximum atomic E-state index is 13.0. The summed E-state index contributed by atoms with van der Waals surface area (Å²) in [7, 11) is 0. The molecule has 2 aromatic carbocycles. The molecule has 1 amide bonds. The molecule has 0 aliphatic carbocycles. The highest BCUT2D eigenvalue weighted by Gasteiger charge is 2.34. The van der Waals surface area contributed by atoms with Crippen molar-refractivity contribution in [1.29, 1.82) is 0 Å². The Morgan fingerprint density at radius 1 is 1.09 bits per heavy atom. The van der Waals surface area contributed by atoms with E-state index in [2.05, 4.69) is 20.7 Å². The lowest BCUT2D eigenvalue weighted by Crippen LogP contribution is -2.16. The molecule has 0 radical (unpaired) electrons. The highest BCUT2D eigenvalue weighted by atomic mass is 35.5. The lowest BCUT2D eigenvalue weighted by atomic mass is 10.1. The van der Waals surface area contributed by atoms with Crippen LogP contribution < -0.4 is 5.32 Å². The number of hydrogen-bond donors (Lipinski definition) is 2. The van der Waals surface area contributed by atoms with Gasteiger partial charge in [0, 0.05) is 10.6 Å². The first-order chi connectivity index (χ1) is 10.8. The minimum absolute atomic E-state index is 0.0701. The lowest BCUT2D eigenvalue weighted by Gasteiger charge is -2.14. The largest absolute Gasteiger partial charge is 0.418 e. The Bertz CT molecular complexity index is 891. The molecule has 0 saturated heterocycles. The van der Waals surface area contributed by atoms with E-state index >= 15 is 0 Å². The summed E-state index contributed by atoms with van der Waals surface area (Å²) < 4.78 is 39.0. The fourth-order valence-corrected chi connectivity index (χ4v) is 2.21. The quantitative estimate of drug-likeness (QED) is 0.743. The second-order valence-electron chi connectivity index (χ2n) is 4.67. The molecule has 1 aromatic heterocycles. The Labute approximate surface area is 132 Å². The molecule has 3 rings (SSSR count). The number of rotatable bonds is 2. The molecule has 118 valence electrons. The summed E-state index contributed by atoms with van der Waals surface area (Å²) in [5.74, 6) is -0.692. The Morgan fingerprint density at radius 2 is 1.83 bits per heavy atom. The third kappa shape index (κ3) is 3.11. The van der Waals surface area contributed by atoms with Crippen molar-refractivity contribution < 1.29 is 18.0 Å². The summed E-state index contributed by atoms with van der Waals surface area (Å²) in [5.41, 5.74) is -0.240. The molecule has 3 aromatic rings. The average molecular weight is 341 g/mol. The molecular weight excluding hydrogens is 333 g/mol. The van der Waals surface area contributed by atoms with Crippen LogP contribution in [0.15, 0.2) is 36.4 Å². The second-order valence-corrected chi connectivity index (χ2v) is 5.11. The lowest BCUT2D eigenvalue weighted by molar-refractivity contribution is -0.136. The van der Waals surface area contributed by atoms with Gasteiger partial charge in [-0.05, 0) is 36.4 Å². The maximum absolute atomic E-state index is 13.0. The number of benzene rings is 2. The van der Waals surface area contributed by atoms with Gasteiger partial charge in [-0.2, -0.15) is 28.6 Å². The number of H-pyrrole nitrogens is 1. The smallest absolute Gasteiger partial charge is 0.321 e. The first-order valence-electron chi connectivity index (χ1n) is 6.33. The third-order valence-corrected chi connectivity index (χ3v) is 3.35. The first kappa shape index (κ1) is 15.3. The van der Waals surface area contributed by atoms with Crippen molar-refractivity contribution in [2.75, 3.05) is 5.32 Å². The van der Waals surface area contributed by atoms with Crippen LogP contribution in [0, 0.1) is 0 Å². The monoisotopic (exact) mass is 340 g/mol. The summed E-state index contributed by atoms with van der Waals surface area (Å²) in [6.45, 7) is 0. The molecule has 0 aliphatic rings. The normalized spacial score (nSPS) is 11.7. The first-order valence-corrected chi connectivity index (χ1v) is 6.71. The number of alkyl halides is 3. The van der Waals surface area contributed by atoms with Crippen molar-refractivity contribution in [2.45, 2.75) is 6.18 Å². The zero-order valence-electron chi connectivity index (χ0n) is 11.3. The number of hydrogen-bond acceptors (Lipinski definition) is 3. The van der Waals surface area contributed by atoms with Gasteiger partial charge in [0.25, 0.3) is 5.91 Å². The van der Waals surface area contributed by atoms with E-state index < -0.39 is 17.6 Å². The van der Waals surface area contributed by atoms with Gasteiger partial charge in [-0.15, -0.1) is 0 Å². The van der Waals surface area contributed by atoms with Gasteiger partial charge in [-0.1, -0.05) is 11.6 Å². The minimum atomic E-state index is -4.64. The summed E-state index contributed by atoms with van der Waals surface area (Å²) in [6, 6.07) is 7.56. The average Bonchev–Trinajstić information content (AvgIpc) is 2.95. The molecular formula is C14H8ClF3N4O. The van der Waals surface area contributed by atoms with Gasteiger partial charge < -0.3 is 5.32 Å². The van der Waals surface area contributed by atoms with Gasteiger partial charge in [0.15, 0.2) is 0 Å². The van der Waals surface area contributed by atoms with Crippen molar-refractivity contribution in [1.82, 2.24) is 15.4 Å². The molecule has 0 atom stereocenters. The van der Waals surface area contributed by atoms with Crippen LogP contribution in [0.5, 0.6) is 0 Å². The fourth-order valence-electron chi connectivity index (χ4n) is 2.04. The molecule has 5 nitrogen and oxygen atoms in total.